The molecule has 1 rings (SSSR count). The molecule has 0 bridgehead atoms. The van der Waals surface area contributed by atoms with Gasteiger partial charge >= 0.3 is 0 Å². The molecule has 0 saturated carbocycles. The highest BCUT2D eigenvalue weighted by atomic mass is 16.5. The van der Waals surface area contributed by atoms with Crippen LogP contribution in [0.1, 0.15) is 33.6 Å². The molecule has 1 aliphatic heterocycles. The largest absolute Gasteiger partial charge is 0.380 e. The van der Waals surface area contributed by atoms with Crippen LogP contribution in [0.15, 0.2) is 0 Å². The van der Waals surface area contributed by atoms with Gasteiger partial charge < -0.3 is 4.74 Å². The van der Waals surface area contributed by atoms with Crippen molar-refractivity contribution in [3.05, 3.63) is 0 Å². The van der Waals surface area contributed by atoms with Gasteiger partial charge in [0.25, 0.3) is 0 Å². The average Bonchev–Trinajstić information content (AvgIpc) is 2.13. The molecule has 0 aromatic carbocycles. The molecule has 1 aliphatic rings. The lowest BCUT2D eigenvalue weighted by Crippen LogP contribution is -2.43. The minimum absolute atomic E-state index is 0.745. The van der Waals surface area contributed by atoms with Crippen molar-refractivity contribution < 1.29 is 4.74 Å². The molecular weight excluding hydrogens is 162 g/mol. The SMILES string of the molecule is CCOCCN1CCC[C@H](C)[C@@H]1C. The van der Waals surface area contributed by atoms with Crippen LogP contribution in [0.3, 0.4) is 0 Å². The first kappa shape index (κ1) is 11.0. The summed E-state index contributed by atoms with van der Waals surface area (Å²) in [7, 11) is 0. The van der Waals surface area contributed by atoms with Crippen molar-refractivity contribution >= 4 is 0 Å². The third-order valence-corrected chi connectivity index (χ3v) is 3.23. The van der Waals surface area contributed by atoms with Crippen molar-refractivity contribution in [3.63, 3.8) is 0 Å². The summed E-state index contributed by atoms with van der Waals surface area (Å²) >= 11 is 0. The van der Waals surface area contributed by atoms with Crippen LogP contribution in [-0.2, 0) is 4.74 Å². The fraction of sp³-hybridized carbons (Fsp3) is 1.00. The molecule has 0 amide bonds. The van der Waals surface area contributed by atoms with Gasteiger partial charge in [0.05, 0.1) is 6.61 Å². The van der Waals surface area contributed by atoms with Gasteiger partial charge in [-0.05, 0) is 39.2 Å². The number of hydrogen-bond donors (Lipinski definition) is 0. The molecule has 2 atom stereocenters. The molecule has 78 valence electrons. The summed E-state index contributed by atoms with van der Waals surface area (Å²) in [6, 6.07) is 0.745. The van der Waals surface area contributed by atoms with Gasteiger partial charge in [-0.3, -0.25) is 4.90 Å². The van der Waals surface area contributed by atoms with Crippen LogP contribution in [0.2, 0.25) is 0 Å². The molecule has 0 aromatic rings. The molecule has 1 fully saturated rings. The second-order valence-corrected chi connectivity index (χ2v) is 4.09. The third kappa shape index (κ3) is 3.28. The van der Waals surface area contributed by atoms with Crippen LogP contribution in [0.5, 0.6) is 0 Å². The number of ether oxygens (including phenoxy) is 1. The van der Waals surface area contributed by atoms with E-state index < -0.39 is 0 Å². The molecular formula is C11H23NO. The zero-order valence-corrected chi connectivity index (χ0v) is 9.25. The van der Waals surface area contributed by atoms with Crippen LogP contribution in [0.4, 0.5) is 0 Å². The Morgan fingerprint density at radius 2 is 2.15 bits per heavy atom. The molecule has 0 aliphatic carbocycles. The molecule has 0 spiro atoms. The maximum atomic E-state index is 5.38. The molecule has 0 aromatic heterocycles. The summed E-state index contributed by atoms with van der Waals surface area (Å²) in [5, 5.41) is 0. The van der Waals surface area contributed by atoms with E-state index in [1.165, 1.54) is 19.4 Å². The van der Waals surface area contributed by atoms with Crippen molar-refractivity contribution in [1.29, 1.82) is 0 Å². The molecule has 1 saturated heterocycles. The summed E-state index contributed by atoms with van der Waals surface area (Å²) in [6.45, 7) is 10.9. The lowest BCUT2D eigenvalue weighted by Gasteiger charge is -2.37. The highest BCUT2D eigenvalue weighted by Gasteiger charge is 2.23. The Balaban J connectivity index is 2.23. The maximum absolute atomic E-state index is 5.38. The van der Waals surface area contributed by atoms with E-state index in [0.29, 0.717) is 0 Å². The summed E-state index contributed by atoms with van der Waals surface area (Å²) in [6.07, 6.45) is 2.75. The smallest absolute Gasteiger partial charge is 0.0593 e. The van der Waals surface area contributed by atoms with Crippen molar-refractivity contribution in [2.24, 2.45) is 5.92 Å². The Kier molecular flexibility index (Phi) is 4.74. The topological polar surface area (TPSA) is 12.5 Å². The summed E-state index contributed by atoms with van der Waals surface area (Å²) in [5.74, 6) is 0.857. The normalized spacial score (nSPS) is 30.7. The molecule has 0 radical (unpaired) electrons. The number of rotatable bonds is 4. The van der Waals surface area contributed by atoms with Crippen LogP contribution >= 0.6 is 0 Å². The second kappa shape index (κ2) is 5.61. The van der Waals surface area contributed by atoms with E-state index in [1.807, 2.05) is 0 Å². The van der Waals surface area contributed by atoms with E-state index in [4.69, 9.17) is 4.74 Å². The van der Waals surface area contributed by atoms with Gasteiger partial charge in [0.15, 0.2) is 0 Å². The Hall–Kier alpha value is -0.0800. The minimum atomic E-state index is 0.745. The van der Waals surface area contributed by atoms with Crippen molar-refractivity contribution in [2.45, 2.75) is 39.7 Å². The first-order chi connectivity index (χ1) is 6.25. The Morgan fingerprint density at radius 1 is 1.38 bits per heavy atom. The van der Waals surface area contributed by atoms with Crippen LogP contribution in [0, 0.1) is 5.92 Å². The second-order valence-electron chi connectivity index (χ2n) is 4.09. The summed E-state index contributed by atoms with van der Waals surface area (Å²) < 4.78 is 5.38. The summed E-state index contributed by atoms with van der Waals surface area (Å²) in [5.41, 5.74) is 0. The minimum Gasteiger partial charge on any atom is -0.380 e. The molecule has 2 nitrogen and oxygen atoms in total. The van der Waals surface area contributed by atoms with Gasteiger partial charge in [-0.1, -0.05) is 6.92 Å². The van der Waals surface area contributed by atoms with Gasteiger partial charge in [0, 0.05) is 19.2 Å². The predicted molar refractivity (Wildman–Crippen MR) is 55.9 cm³/mol. The van der Waals surface area contributed by atoms with Gasteiger partial charge in [0.1, 0.15) is 0 Å². The van der Waals surface area contributed by atoms with Crippen molar-refractivity contribution in [1.82, 2.24) is 4.90 Å². The quantitative estimate of drug-likeness (QED) is 0.622. The number of likely N-dealkylation sites (tertiary alicyclic amines) is 1. The lowest BCUT2D eigenvalue weighted by atomic mass is 9.92. The van der Waals surface area contributed by atoms with Crippen molar-refractivity contribution in [2.75, 3.05) is 26.3 Å². The molecule has 1 heterocycles. The molecule has 0 N–H and O–H groups in total. The monoisotopic (exact) mass is 185 g/mol. The molecule has 2 heteroatoms. The highest BCUT2D eigenvalue weighted by molar-refractivity contribution is 4.78. The molecule has 13 heavy (non-hydrogen) atoms. The zero-order chi connectivity index (χ0) is 9.68. The summed E-state index contributed by atoms with van der Waals surface area (Å²) in [4.78, 5) is 2.56. The average molecular weight is 185 g/mol. The third-order valence-electron chi connectivity index (χ3n) is 3.23. The first-order valence-electron chi connectivity index (χ1n) is 5.57. The van der Waals surface area contributed by atoms with E-state index in [9.17, 15) is 0 Å². The van der Waals surface area contributed by atoms with Gasteiger partial charge in [-0.2, -0.15) is 0 Å². The highest BCUT2D eigenvalue weighted by Crippen LogP contribution is 2.22. The van der Waals surface area contributed by atoms with Gasteiger partial charge in [0.2, 0.25) is 0 Å². The Labute approximate surface area is 82.3 Å². The van der Waals surface area contributed by atoms with E-state index >= 15 is 0 Å². The maximum Gasteiger partial charge on any atom is 0.0593 e. The van der Waals surface area contributed by atoms with E-state index in [-0.39, 0.29) is 0 Å². The van der Waals surface area contributed by atoms with Crippen molar-refractivity contribution in [3.8, 4) is 0 Å². The Morgan fingerprint density at radius 3 is 2.85 bits per heavy atom. The van der Waals surface area contributed by atoms with E-state index in [2.05, 4.69) is 25.7 Å². The fourth-order valence-corrected chi connectivity index (χ4v) is 2.06. The standard InChI is InChI=1S/C11H23NO/c1-4-13-9-8-12-7-5-6-10(2)11(12)3/h10-11H,4-9H2,1-3H3/t10-,11-/m0/s1. The lowest BCUT2D eigenvalue weighted by molar-refractivity contribution is 0.0626. The van der Waals surface area contributed by atoms with E-state index in [1.54, 1.807) is 0 Å². The number of hydrogen-bond acceptors (Lipinski definition) is 2. The van der Waals surface area contributed by atoms with Gasteiger partial charge in [-0.25, -0.2) is 0 Å². The Bertz CT molecular complexity index is 138. The first-order valence-corrected chi connectivity index (χ1v) is 5.57. The predicted octanol–water partition coefficient (Wildman–Crippen LogP) is 2.14. The van der Waals surface area contributed by atoms with Crippen LogP contribution in [-0.4, -0.2) is 37.2 Å². The van der Waals surface area contributed by atoms with Gasteiger partial charge in [-0.15, -0.1) is 0 Å². The zero-order valence-electron chi connectivity index (χ0n) is 9.25. The van der Waals surface area contributed by atoms with E-state index in [0.717, 1.165) is 31.7 Å². The number of nitrogens with zero attached hydrogens (tertiary/aromatic N) is 1. The molecule has 0 unspecified atom stereocenters. The van der Waals surface area contributed by atoms with Crippen LogP contribution < -0.4 is 0 Å². The fourth-order valence-electron chi connectivity index (χ4n) is 2.06. The number of piperidine rings is 1. The van der Waals surface area contributed by atoms with Crippen LogP contribution in [0.25, 0.3) is 0 Å².